The van der Waals surface area contributed by atoms with E-state index in [-0.39, 0.29) is 0 Å². The van der Waals surface area contributed by atoms with E-state index in [2.05, 4.69) is 51.2 Å². The van der Waals surface area contributed by atoms with Crippen LogP contribution in [0.3, 0.4) is 0 Å². The van der Waals surface area contributed by atoms with Crippen molar-refractivity contribution >= 4 is 17.2 Å². The summed E-state index contributed by atoms with van der Waals surface area (Å²) in [6, 6.07) is 8.12. The van der Waals surface area contributed by atoms with Crippen LogP contribution in [0.1, 0.15) is 50.4 Å². The van der Waals surface area contributed by atoms with E-state index in [4.69, 9.17) is 9.82 Å². The van der Waals surface area contributed by atoms with Gasteiger partial charge in [0.15, 0.2) is 11.6 Å². The van der Waals surface area contributed by atoms with Crippen LogP contribution >= 0.6 is 0 Å². The van der Waals surface area contributed by atoms with E-state index in [9.17, 15) is 0 Å². The van der Waals surface area contributed by atoms with E-state index in [1.54, 1.807) is 12.4 Å². The second-order valence-electron chi connectivity index (χ2n) is 9.14. The number of pyridine rings is 3. The van der Waals surface area contributed by atoms with Gasteiger partial charge in [-0.15, -0.1) is 0 Å². The van der Waals surface area contributed by atoms with Crippen LogP contribution in [0.4, 0.5) is 17.2 Å². The number of piperidine rings is 1. The highest BCUT2D eigenvalue weighted by molar-refractivity contribution is 5.77. The van der Waals surface area contributed by atoms with Crippen molar-refractivity contribution in [2.24, 2.45) is 0 Å². The normalized spacial score (nSPS) is 13.8. The van der Waals surface area contributed by atoms with Crippen molar-refractivity contribution in [2.75, 3.05) is 42.5 Å². The largest absolute Gasteiger partial charge is 0.382 e. The maximum absolute atomic E-state index is 5.82. The number of hydrogen-bond acceptors (Lipinski definition) is 7. The van der Waals surface area contributed by atoms with Crippen LogP contribution in [0.15, 0.2) is 42.9 Å². The average molecular weight is 447 g/mol. The first kappa shape index (κ1) is 22.8. The number of aryl methyl sites for hydroxylation is 1. The summed E-state index contributed by atoms with van der Waals surface area (Å²) in [5.41, 5.74) is 9.06. The van der Waals surface area contributed by atoms with E-state index in [0.29, 0.717) is 5.92 Å². The lowest BCUT2D eigenvalue weighted by Crippen LogP contribution is -2.31. The smallest absolute Gasteiger partial charge is 0.158 e. The molecule has 0 unspecified atom stereocenters. The van der Waals surface area contributed by atoms with Crippen LogP contribution in [0, 0.1) is 6.92 Å². The summed E-state index contributed by atoms with van der Waals surface area (Å²) in [5, 5.41) is 0. The van der Waals surface area contributed by atoms with Crippen LogP contribution in [-0.2, 0) is 0 Å². The summed E-state index contributed by atoms with van der Waals surface area (Å²) < 4.78 is 0. The quantitative estimate of drug-likeness (QED) is 0.485. The van der Waals surface area contributed by atoms with Crippen LogP contribution < -0.4 is 20.1 Å². The lowest BCUT2D eigenvalue weighted by molar-refractivity contribution is 0.403. The average Bonchev–Trinajstić information content (AvgIpc) is 2.84. The van der Waals surface area contributed by atoms with Crippen molar-refractivity contribution in [2.45, 2.75) is 46.0 Å². The molecule has 3 aromatic heterocycles. The summed E-state index contributed by atoms with van der Waals surface area (Å²) in [5.74, 6) is 2.07. The third kappa shape index (κ3) is 5.35. The van der Waals surface area contributed by atoms with Gasteiger partial charge in [-0.3, -0.25) is 9.97 Å². The minimum absolute atomic E-state index is 0.341. The molecule has 174 valence electrons. The molecule has 0 bridgehead atoms. The Hall–Kier alpha value is -3.35. The van der Waals surface area contributed by atoms with Gasteiger partial charge in [0.25, 0.3) is 0 Å². The molecule has 1 fully saturated rings. The molecule has 0 saturated carbocycles. The van der Waals surface area contributed by atoms with Gasteiger partial charge in [-0.1, -0.05) is 13.8 Å². The van der Waals surface area contributed by atoms with Gasteiger partial charge >= 0.3 is 0 Å². The zero-order valence-corrected chi connectivity index (χ0v) is 20.3. The maximum Gasteiger partial charge on any atom is 0.158 e. The van der Waals surface area contributed by atoms with E-state index in [1.165, 1.54) is 24.9 Å². The number of nitrogens with one attached hydrogen (secondary N) is 1. The molecule has 1 aliphatic heterocycles. The highest BCUT2D eigenvalue weighted by atomic mass is 16.6. The predicted molar refractivity (Wildman–Crippen MR) is 135 cm³/mol. The lowest BCUT2D eigenvalue weighted by Gasteiger charge is -2.32. The molecule has 1 saturated heterocycles. The summed E-state index contributed by atoms with van der Waals surface area (Å²) in [6.07, 6.45) is 9.24. The Labute approximate surface area is 196 Å². The molecule has 0 atom stereocenters. The highest BCUT2D eigenvalue weighted by Gasteiger charge is 2.18. The van der Waals surface area contributed by atoms with Gasteiger partial charge in [0.2, 0.25) is 0 Å². The lowest BCUT2D eigenvalue weighted by atomic mass is 10.0. The van der Waals surface area contributed by atoms with E-state index < -0.39 is 0 Å². The molecule has 0 aromatic carbocycles. The van der Waals surface area contributed by atoms with E-state index >= 15 is 0 Å². The highest BCUT2D eigenvalue weighted by Crippen LogP contribution is 2.34. The SMILES string of the molecule is Cc1ncc(NOc2ccnc(C(C)C)c2)cc1-c1cnc(N(C)C)c(N2CCCCC2)c1. The standard InChI is InChI=1S/C26H34N6O/c1-18(2)24-15-22(9-10-27-24)33-30-21-14-23(19(3)28-17-21)20-13-25(26(29-16-20)31(4)5)32-11-7-6-8-12-32/h9-10,13-18,30H,6-8,11-12H2,1-5H3. The Bertz CT molecular complexity index is 1090. The number of aromatic nitrogens is 3. The van der Waals surface area contributed by atoms with Gasteiger partial charge < -0.3 is 14.6 Å². The molecule has 33 heavy (non-hydrogen) atoms. The fourth-order valence-electron chi connectivity index (χ4n) is 4.11. The van der Waals surface area contributed by atoms with Crippen LogP contribution in [0.2, 0.25) is 0 Å². The Kier molecular flexibility index (Phi) is 6.96. The number of hydrogen-bond donors (Lipinski definition) is 1. The summed E-state index contributed by atoms with van der Waals surface area (Å²) in [4.78, 5) is 24.2. The third-order valence-electron chi connectivity index (χ3n) is 6.00. The number of nitrogens with zero attached hydrogens (tertiary/aromatic N) is 5. The van der Waals surface area contributed by atoms with Crippen LogP contribution in [0.5, 0.6) is 5.75 Å². The van der Waals surface area contributed by atoms with Crippen molar-refractivity contribution in [3.8, 4) is 16.9 Å². The van der Waals surface area contributed by atoms with Crippen LogP contribution in [0.25, 0.3) is 11.1 Å². The fourth-order valence-corrected chi connectivity index (χ4v) is 4.11. The van der Waals surface area contributed by atoms with Gasteiger partial charge in [-0.25, -0.2) is 10.5 Å². The van der Waals surface area contributed by atoms with Crippen molar-refractivity contribution in [3.05, 3.63) is 54.2 Å². The van der Waals surface area contributed by atoms with Gasteiger partial charge in [-0.2, -0.15) is 0 Å². The molecule has 1 N–H and O–H groups in total. The summed E-state index contributed by atoms with van der Waals surface area (Å²) >= 11 is 0. The Balaban J connectivity index is 1.60. The van der Waals surface area contributed by atoms with Gasteiger partial charge in [0.05, 0.1) is 17.6 Å². The number of rotatable bonds is 7. The fraction of sp³-hybridized carbons (Fsp3) is 0.423. The van der Waals surface area contributed by atoms with Crippen molar-refractivity contribution < 1.29 is 4.84 Å². The van der Waals surface area contributed by atoms with Gasteiger partial charge in [0, 0.05) is 74.2 Å². The van der Waals surface area contributed by atoms with Crippen molar-refractivity contribution in [1.29, 1.82) is 0 Å². The summed E-state index contributed by atoms with van der Waals surface area (Å²) in [6.45, 7) is 8.40. The Morgan fingerprint density at radius 1 is 1.00 bits per heavy atom. The van der Waals surface area contributed by atoms with Crippen LogP contribution in [-0.4, -0.2) is 42.1 Å². The molecule has 0 spiro atoms. The first-order valence-corrected chi connectivity index (χ1v) is 11.7. The first-order chi connectivity index (χ1) is 15.9. The van der Waals surface area contributed by atoms with E-state index in [0.717, 1.165) is 52.9 Å². The van der Waals surface area contributed by atoms with E-state index in [1.807, 2.05) is 39.3 Å². The minimum atomic E-state index is 0.341. The molecule has 3 aromatic rings. The molecule has 0 radical (unpaired) electrons. The molecule has 7 nitrogen and oxygen atoms in total. The molecular weight excluding hydrogens is 412 g/mol. The molecular formula is C26H34N6O. The number of anilines is 3. The predicted octanol–water partition coefficient (Wildman–Crippen LogP) is 5.43. The zero-order chi connectivity index (χ0) is 23.4. The molecule has 4 heterocycles. The second kappa shape index (κ2) is 10.1. The topological polar surface area (TPSA) is 66.4 Å². The zero-order valence-electron chi connectivity index (χ0n) is 20.3. The molecule has 4 rings (SSSR count). The Morgan fingerprint density at radius 3 is 2.52 bits per heavy atom. The van der Waals surface area contributed by atoms with Crippen molar-refractivity contribution in [3.63, 3.8) is 0 Å². The van der Waals surface area contributed by atoms with Gasteiger partial charge in [-0.05, 0) is 44.2 Å². The monoisotopic (exact) mass is 446 g/mol. The molecule has 0 amide bonds. The van der Waals surface area contributed by atoms with Crippen molar-refractivity contribution in [1.82, 2.24) is 15.0 Å². The molecule has 0 aliphatic carbocycles. The van der Waals surface area contributed by atoms with Gasteiger partial charge in [0.1, 0.15) is 0 Å². The summed E-state index contributed by atoms with van der Waals surface area (Å²) in [7, 11) is 4.10. The Morgan fingerprint density at radius 2 is 1.79 bits per heavy atom. The third-order valence-corrected chi connectivity index (χ3v) is 6.00. The second-order valence-corrected chi connectivity index (χ2v) is 9.14. The minimum Gasteiger partial charge on any atom is -0.382 e. The maximum atomic E-state index is 5.82. The molecule has 7 heteroatoms. The molecule has 1 aliphatic rings. The first-order valence-electron chi connectivity index (χ1n) is 11.7.